The Morgan fingerprint density at radius 3 is 1.57 bits per heavy atom. The number of thiophene rings is 1. The lowest BCUT2D eigenvalue weighted by Crippen LogP contribution is -2.11. The molecule has 0 N–H and O–H groups in total. The lowest BCUT2D eigenvalue weighted by atomic mass is 9.93. The smallest absolute Gasteiger partial charge is 0.0540 e. The molecule has 272 valence electrons. The zero-order valence-electron chi connectivity index (χ0n) is 31.7. The van der Waals surface area contributed by atoms with Crippen molar-refractivity contribution in [3.8, 4) is 44.5 Å². The number of para-hydroxylation sites is 1. The number of fused-ring (bicyclic) bond motifs is 5. The van der Waals surface area contributed by atoms with Crippen molar-refractivity contribution in [1.82, 2.24) is 0 Å². The van der Waals surface area contributed by atoms with E-state index < -0.39 is 0 Å². The molecule has 0 amide bonds. The van der Waals surface area contributed by atoms with Crippen molar-refractivity contribution >= 4 is 70.1 Å². The number of hydrogen-bond donors (Lipinski definition) is 0. The van der Waals surface area contributed by atoms with Gasteiger partial charge in [0.05, 0.1) is 5.69 Å². The maximum Gasteiger partial charge on any atom is 0.0540 e. The minimum atomic E-state index is 1.10. The molecule has 0 fully saturated rings. The summed E-state index contributed by atoms with van der Waals surface area (Å²) in [6.45, 7) is 0. The number of rotatable bonds is 7. The van der Waals surface area contributed by atoms with Gasteiger partial charge in [0.15, 0.2) is 0 Å². The van der Waals surface area contributed by atoms with Crippen LogP contribution in [0, 0.1) is 0 Å². The summed E-state index contributed by atoms with van der Waals surface area (Å²) in [5.74, 6) is 0. The Hall–Kier alpha value is -7.26. The van der Waals surface area contributed by atoms with E-state index in [1.807, 2.05) is 11.3 Å². The van der Waals surface area contributed by atoms with E-state index in [0.29, 0.717) is 0 Å². The van der Waals surface area contributed by atoms with Gasteiger partial charge in [0, 0.05) is 37.1 Å². The largest absolute Gasteiger partial charge is 0.310 e. The van der Waals surface area contributed by atoms with Gasteiger partial charge in [-0.1, -0.05) is 176 Å². The first-order chi connectivity index (χ1) is 28.8. The molecule has 10 aromatic carbocycles. The maximum absolute atomic E-state index is 2.43. The van der Waals surface area contributed by atoms with Crippen LogP contribution in [-0.4, -0.2) is 0 Å². The topological polar surface area (TPSA) is 3.24 Å². The SMILES string of the molecule is c1ccc(-c2ccc3ccccc3c2)c(-c2ccc(N(c3ccc(-c4cccc5ccccc45)cc3)c3ccccc3-c3cccc4sc5ccccc5c34)cc2)c1. The maximum atomic E-state index is 2.43. The molecule has 1 heterocycles. The fourth-order valence-corrected chi connectivity index (χ4v) is 9.86. The minimum Gasteiger partial charge on any atom is -0.310 e. The monoisotopic (exact) mass is 755 g/mol. The summed E-state index contributed by atoms with van der Waals surface area (Å²) in [5.41, 5.74) is 13.0. The van der Waals surface area contributed by atoms with Gasteiger partial charge in [-0.25, -0.2) is 0 Å². The average molecular weight is 756 g/mol. The van der Waals surface area contributed by atoms with Crippen molar-refractivity contribution in [2.75, 3.05) is 4.90 Å². The van der Waals surface area contributed by atoms with Crippen LogP contribution < -0.4 is 4.90 Å². The zero-order valence-corrected chi connectivity index (χ0v) is 32.5. The molecule has 0 aliphatic carbocycles. The van der Waals surface area contributed by atoms with Gasteiger partial charge < -0.3 is 4.90 Å². The lowest BCUT2D eigenvalue weighted by molar-refractivity contribution is 1.28. The first kappa shape index (κ1) is 34.0. The van der Waals surface area contributed by atoms with Gasteiger partial charge in [-0.15, -0.1) is 11.3 Å². The van der Waals surface area contributed by atoms with Gasteiger partial charge in [-0.2, -0.15) is 0 Å². The summed E-state index contributed by atoms with van der Waals surface area (Å²) in [5, 5.41) is 7.61. The first-order valence-electron chi connectivity index (χ1n) is 19.8. The molecule has 1 aromatic heterocycles. The minimum absolute atomic E-state index is 1.10. The van der Waals surface area contributed by atoms with E-state index in [9.17, 15) is 0 Å². The molecular weight excluding hydrogens is 719 g/mol. The summed E-state index contributed by atoms with van der Waals surface area (Å²) >= 11 is 1.86. The highest BCUT2D eigenvalue weighted by molar-refractivity contribution is 7.25. The lowest BCUT2D eigenvalue weighted by Gasteiger charge is -2.28. The third kappa shape index (κ3) is 5.94. The van der Waals surface area contributed by atoms with Gasteiger partial charge in [0.2, 0.25) is 0 Å². The Morgan fingerprint density at radius 1 is 0.293 bits per heavy atom. The number of hydrogen-bond acceptors (Lipinski definition) is 2. The molecule has 0 radical (unpaired) electrons. The van der Waals surface area contributed by atoms with E-state index in [2.05, 4.69) is 229 Å². The second-order valence-electron chi connectivity index (χ2n) is 14.9. The fraction of sp³-hybridized carbons (Fsp3) is 0. The first-order valence-corrected chi connectivity index (χ1v) is 20.7. The van der Waals surface area contributed by atoms with Gasteiger partial charge in [0.1, 0.15) is 0 Å². The van der Waals surface area contributed by atoms with Gasteiger partial charge in [-0.05, 0) is 109 Å². The van der Waals surface area contributed by atoms with Crippen LogP contribution in [0.1, 0.15) is 0 Å². The highest BCUT2D eigenvalue weighted by Crippen LogP contribution is 2.47. The van der Waals surface area contributed by atoms with Crippen molar-refractivity contribution in [3.63, 3.8) is 0 Å². The molecule has 0 saturated heterocycles. The molecule has 11 aromatic rings. The summed E-state index contributed by atoms with van der Waals surface area (Å²) in [7, 11) is 0. The van der Waals surface area contributed by atoms with Gasteiger partial charge in [0.25, 0.3) is 0 Å². The molecule has 0 spiro atoms. The van der Waals surface area contributed by atoms with Crippen molar-refractivity contribution in [2.24, 2.45) is 0 Å². The number of benzene rings is 10. The van der Waals surface area contributed by atoms with Crippen molar-refractivity contribution in [3.05, 3.63) is 224 Å². The van der Waals surface area contributed by atoms with Crippen LogP contribution >= 0.6 is 11.3 Å². The van der Waals surface area contributed by atoms with E-state index >= 15 is 0 Å². The van der Waals surface area contributed by atoms with Gasteiger partial charge in [-0.3, -0.25) is 0 Å². The fourth-order valence-electron chi connectivity index (χ4n) is 8.72. The van der Waals surface area contributed by atoms with E-state index in [1.165, 1.54) is 86.2 Å². The van der Waals surface area contributed by atoms with E-state index in [4.69, 9.17) is 0 Å². The zero-order chi connectivity index (χ0) is 38.4. The molecule has 0 unspecified atom stereocenters. The van der Waals surface area contributed by atoms with Crippen molar-refractivity contribution < 1.29 is 0 Å². The molecule has 11 rings (SSSR count). The highest BCUT2D eigenvalue weighted by Gasteiger charge is 2.20. The van der Waals surface area contributed by atoms with E-state index in [0.717, 1.165) is 17.1 Å². The Bertz CT molecular complexity index is 3280. The predicted octanol–water partition coefficient (Wildman–Crippen LogP) is 16.5. The van der Waals surface area contributed by atoms with Crippen LogP contribution in [0.25, 0.3) is 86.2 Å². The normalized spacial score (nSPS) is 11.4. The van der Waals surface area contributed by atoms with E-state index in [-0.39, 0.29) is 0 Å². The molecular formula is C56H37NS. The van der Waals surface area contributed by atoms with Crippen LogP contribution in [0.2, 0.25) is 0 Å². The molecule has 0 aliphatic rings. The Morgan fingerprint density at radius 2 is 0.793 bits per heavy atom. The number of nitrogens with zero attached hydrogens (tertiary/aromatic N) is 1. The van der Waals surface area contributed by atoms with Gasteiger partial charge >= 0.3 is 0 Å². The summed E-state index contributed by atoms with van der Waals surface area (Å²) < 4.78 is 2.61. The second kappa shape index (κ2) is 14.4. The van der Waals surface area contributed by atoms with E-state index in [1.54, 1.807) is 0 Å². The highest BCUT2D eigenvalue weighted by atomic mass is 32.1. The molecule has 0 saturated carbocycles. The van der Waals surface area contributed by atoms with Crippen LogP contribution in [0.5, 0.6) is 0 Å². The number of anilines is 3. The molecule has 0 atom stereocenters. The third-order valence-electron chi connectivity index (χ3n) is 11.5. The second-order valence-corrected chi connectivity index (χ2v) is 15.9. The van der Waals surface area contributed by atoms with Crippen LogP contribution in [0.15, 0.2) is 224 Å². The quantitative estimate of drug-likeness (QED) is 0.157. The van der Waals surface area contributed by atoms with Crippen molar-refractivity contribution in [1.29, 1.82) is 0 Å². The Kier molecular flexibility index (Phi) is 8.42. The molecule has 58 heavy (non-hydrogen) atoms. The summed E-state index contributed by atoms with van der Waals surface area (Å²) in [4.78, 5) is 2.43. The molecule has 2 heteroatoms. The van der Waals surface area contributed by atoms with Crippen molar-refractivity contribution in [2.45, 2.75) is 0 Å². The summed E-state index contributed by atoms with van der Waals surface area (Å²) in [6, 6.07) is 82.0. The predicted molar refractivity (Wildman–Crippen MR) is 251 cm³/mol. The molecule has 1 nitrogen and oxygen atoms in total. The third-order valence-corrected chi connectivity index (χ3v) is 12.6. The molecule has 0 bridgehead atoms. The average Bonchev–Trinajstić information content (AvgIpc) is 3.69. The standard InChI is InChI=1S/C56H37NS/c1-2-15-42-37-43(28-27-38(42)13-1)49-19-6-5-18-47(49)40-29-33-44(34-30-40)57(45-35-31-41(32-36-45)48-22-11-16-39-14-3-4-17-46(39)48)53-24-9-7-20-50(53)51-23-12-26-55-56(51)52-21-8-10-25-54(52)58-55/h1-37H. The summed E-state index contributed by atoms with van der Waals surface area (Å²) in [6.07, 6.45) is 0. The van der Waals surface area contributed by atoms with Crippen LogP contribution in [-0.2, 0) is 0 Å². The van der Waals surface area contributed by atoms with Crippen LogP contribution in [0.4, 0.5) is 17.1 Å². The Balaban J connectivity index is 1.06. The molecule has 0 aliphatic heterocycles. The Labute approximate surface area is 342 Å². The van der Waals surface area contributed by atoms with Crippen LogP contribution in [0.3, 0.4) is 0 Å².